The molecule has 1 aliphatic rings. The number of pyridine rings is 1. The highest BCUT2D eigenvalue weighted by Gasteiger charge is 2.26. The smallest absolute Gasteiger partial charge is 0.278 e. The Morgan fingerprint density at radius 1 is 1.21 bits per heavy atom. The third-order valence-corrected chi connectivity index (χ3v) is 7.23. The van der Waals surface area contributed by atoms with E-state index in [-0.39, 0.29) is 18.3 Å². The lowest BCUT2D eigenvalue weighted by Crippen LogP contribution is -2.39. The third kappa shape index (κ3) is 4.92. The van der Waals surface area contributed by atoms with Crippen LogP contribution in [-0.4, -0.2) is 64.6 Å². The zero-order chi connectivity index (χ0) is 22.9. The molecule has 0 radical (unpaired) electrons. The molecule has 180 valence electrons. The molecule has 1 aliphatic heterocycles. The summed E-state index contributed by atoms with van der Waals surface area (Å²) in [6.45, 7) is 8.75. The molecule has 5 rings (SSSR count). The van der Waals surface area contributed by atoms with Crippen molar-refractivity contribution in [3.63, 3.8) is 0 Å². The second kappa shape index (κ2) is 10.6. The summed E-state index contributed by atoms with van der Waals surface area (Å²) in [7, 11) is 0. The fourth-order valence-electron chi connectivity index (χ4n) is 4.32. The number of amides is 1. The molecule has 0 N–H and O–H groups in total. The Balaban J connectivity index is 0.00000274. The van der Waals surface area contributed by atoms with Gasteiger partial charge in [0.1, 0.15) is 11.3 Å². The number of halogens is 2. The average molecular weight is 520 g/mol. The van der Waals surface area contributed by atoms with Gasteiger partial charge in [-0.3, -0.25) is 19.0 Å². The van der Waals surface area contributed by atoms with Crippen molar-refractivity contribution in [1.82, 2.24) is 19.3 Å². The SMILES string of the molecule is Cc1nc2ccccn2c1C(=O)N(CCCN1CCOCC1)c1nc2c(C)cc(Cl)cc2s1.Cl. The summed E-state index contributed by atoms with van der Waals surface area (Å²) in [4.78, 5) is 27.6. The van der Waals surface area contributed by atoms with Crippen LogP contribution in [0, 0.1) is 13.8 Å². The summed E-state index contributed by atoms with van der Waals surface area (Å²) in [6.07, 6.45) is 2.73. The van der Waals surface area contributed by atoms with Gasteiger partial charge in [-0.2, -0.15) is 0 Å². The van der Waals surface area contributed by atoms with E-state index in [9.17, 15) is 4.79 Å². The number of carbonyl (C=O) groups excluding carboxylic acids is 1. The van der Waals surface area contributed by atoms with Crippen molar-refractivity contribution in [2.75, 3.05) is 44.3 Å². The van der Waals surface area contributed by atoms with E-state index in [1.807, 2.05) is 59.7 Å². The normalized spacial score (nSPS) is 14.4. The predicted molar refractivity (Wildman–Crippen MR) is 140 cm³/mol. The van der Waals surface area contributed by atoms with Gasteiger partial charge in [-0.25, -0.2) is 9.97 Å². The molecule has 34 heavy (non-hydrogen) atoms. The Bertz CT molecular complexity index is 1320. The Labute approximate surface area is 213 Å². The van der Waals surface area contributed by atoms with E-state index in [0.717, 1.165) is 60.7 Å². The summed E-state index contributed by atoms with van der Waals surface area (Å²) < 4.78 is 8.30. The van der Waals surface area contributed by atoms with Gasteiger partial charge in [-0.15, -0.1) is 12.4 Å². The van der Waals surface area contributed by atoms with E-state index in [0.29, 0.717) is 28.1 Å². The van der Waals surface area contributed by atoms with Gasteiger partial charge in [0.2, 0.25) is 0 Å². The minimum absolute atomic E-state index is 0. The maximum Gasteiger partial charge on any atom is 0.278 e. The quantitative estimate of drug-likeness (QED) is 0.358. The monoisotopic (exact) mass is 519 g/mol. The maximum atomic E-state index is 13.9. The molecule has 4 aromatic rings. The first kappa shape index (κ1) is 24.9. The topological polar surface area (TPSA) is 63.0 Å². The summed E-state index contributed by atoms with van der Waals surface area (Å²) in [5, 5.41) is 1.37. The van der Waals surface area contributed by atoms with E-state index in [4.69, 9.17) is 21.3 Å². The molecule has 4 heterocycles. The lowest BCUT2D eigenvalue weighted by molar-refractivity contribution is 0.0376. The van der Waals surface area contributed by atoms with Crippen molar-refractivity contribution in [2.45, 2.75) is 20.3 Å². The molecular formula is C24H27Cl2N5O2S. The number of aryl methyl sites for hydroxylation is 2. The van der Waals surface area contributed by atoms with Crippen LogP contribution in [0.3, 0.4) is 0 Å². The molecule has 0 bridgehead atoms. The molecule has 0 spiro atoms. The van der Waals surface area contributed by atoms with Gasteiger partial charge in [0, 0.05) is 37.4 Å². The molecule has 1 saturated heterocycles. The number of aromatic nitrogens is 3. The highest BCUT2D eigenvalue weighted by atomic mass is 35.5. The highest BCUT2D eigenvalue weighted by molar-refractivity contribution is 7.22. The highest BCUT2D eigenvalue weighted by Crippen LogP contribution is 2.34. The van der Waals surface area contributed by atoms with E-state index < -0.39 is 0 Å². The molecule has 0 unspecified atom stereocenters. The maximum absolute atomic E-state index is 13.9. The van der Waals surface area contributed by atoms with Gasteiger partial charge in [-0.05, 0) is 50.1 Å². The summed E-state index contributed by atoms with van der Waals surface area (Å²) in [6, 6.07) is 9.58. The lowest BCUT2D eigenvalue weighted by atomic mass is 10.2. The Morgan fingerprint density at radius 2 is 2.00 bits per heavy atom. The average Bonchev–Trinajstić information content (AvgIpc) is 3.37. The first-order valence-corrected chi connectivity index (χ1v) is 12.3. The van der Waals surface area contributed by atoms with Gasteiger partial charge in [0.05, 0.1) is 29.1 Å². The third-order valence-electron chi connectivity index (χ3n) is 5.98. The van der Waals surface area contributed by atoms with Crippen molar-refractivity contribution in [1.29, 1.82) is 0 Å². The van der Waals surface area contributed by atoms with Gasteiger partial charge < -0.3 is 4.74 Å². The minimum atomic E-state index is -0.0871. The van der Waals surface area contributed by atoms with Crippen LogP contribution in [0.5, 0.6) is 0 Å². The van der Waals surface area contributed by atoms with Crippen LogP contribution in [0.25, 0.3) is 15.9 Å². The van der Waals surface area contributed by atoms with Crippen molar-refractivity contribution < 1.29 is 9.53 Å². The number of rotatable bonds is 6. The van der Waals surface area contributed by atoms with Crippen molar-refractivity contribution in [2.24, 2.45) is 0 Å². The van der Waals surface area contributed by atoms with Crippen LogP contribution in [0.15, 0.2) is 36.5 Å². The largest absolute Gasteiger partial charge is 0.379 e. The number of hydrogen-bond donors (Lipinski definition) is 0. The van der Waals surface area contributed by atoms with E-state index >= 15 is 0 Å². The number of fused-ring (bicyclic) bond motifs is 2. The molecule has 1 aromatic carbocycles. The van der Waals surface area contributed by atoms with Crippen molar-refractivity contribution in [3.8, 4) is 0 Å². The molecule has 10 heteroatoms. The van der Waals surface area contributed by atoms with Gasteiger partial charge in [0.15, 0.2) is 5.13 Å². The van der Waals surface area contributed by atoms with Crippen LogP contribution in [-0.2, 0) is 4.74 Å². The minimum Gasteiger partial charge on any atom is -0.379 e. The number of carbonyl (C=O) groups is 1. The van der Waals surface area contributed by atoms with Crippen molar-refractivity contribution in [3.05, 3.63) is 58.5 Å². The second-order valence-electron chi connectivity index (χ2n) is 8.30. The van der Waals surface area contributed by atoms with Crippen LogP contribution >= 0.6 is 35.3 Å². The number of hydrogen-bond acceptors (Lipinski definition) is 6. The molecule has 0 atom stereocenters. The molecule has 1 amide bonds. The number of nitrogens with zero attached hydrogens (tertiary/aromatic N) is 5. The Hall–Kier alpha value is -2.23. The number of morpholine rings is 1. The molecule has 1 fully saturated rings. The van der Waals surface area contributed by atoms with E-state index in [1.54, 1.807) is 0 Å². The predicted octanol–water partition coefficient (Wildman–Crippen LogP) is 5.01. The van der Waals surface area contributed by atoms with Gasteiger partial charge in [0.25, 0.3) is 5.91 Å². The lowest BCUT2D eigenvalue weighted by Gasteiger charge is -2.27. The number of anilines is 1. The fourth-order valence-corrected chi connectivity index (χ4v) is 5.76. The van der Waals surface area contributed by atoms with E-state index in [2.05, 4.69) is 9.88 Å². The first-order valence-electron chi connectivity index (χ1n) is 11.1. The molecule has 3 aromatic heterocycles. The van der Waals surface area contributed by atoms with Crippen molar-refractivity contribution >= 4 is 62.2 Å². The van der Waals surface area contributed by atoms with E-state index in [1.165, 1.54) is 11.3 Å². The van der Waals surface area contributed by atoms with Crippen LogP contribution < -0.4 is 4.90 Å². The fraction of sp³-hybridized carbons (Fsp3) is 0.375. The zero-order valence-corrected chi connectivity index (χ0v) is 21.5. The summed E-state index contributed by atoms with van der Waals surface area (Å²) >= 11 is 7.79. The Kier molecular flexibility index (Phi) is 7.74. The second-order valence-corrected chi connectivity index (χ2v) is 9.75. The molecule has 0 saturated carbocycles. The standard InChI is InChI=1S/C24H26ClN5O2S.ClH/c1-16-14-18(25)15-19-21(16)27-24(33-19)30(9-5-7-28-10-12-32-13-11-28)23(31)22-17(2)26-20-6-3-4-8-29(20)22;/h3-4,6,8,14-15H,5,7,9-13H2,1-2H3;1H. The Morgan fingerprint density at radius 3 is 2.79 bits per heavy atom. The summed E-state index contributed by atoms with van der Waals surface area (Å²) in [5.74, 6) is -0.0871. The number of thiazole rings is 1. The van der Waals surface area contributed by atoms with Crippen LogP contribution in [0.2, 0.25) is 5.02 Å². The van der Waals surface area contributed by atoms with Crippen LogP contribution in [0.1, 0.15) is 28.2 Å². The van der Waals surface area contributed by atoms with Gasteiger partial charge in [-0.1, -0.05) is 29.0 Å². The molecular weight excluding hydrogens is 493 g/mol. The zero-order valence-electron chi connectivity index (χ0n) is 19.2. The molecule has 0 aliphatic carbocycles. The number of imidazole rings is 1. The summed E-state index contributed by atoms with van der Waals surface area (Å²) in [5.41, 5.74) is 3.95. The first-order chi connectivity index (χ1) is 16.0. The molecule has 7 nitrogen and oxygen atoms in total. The van der Waals surface area contributed by atoms with Crippen LogP contribution in [0.4, 0.5) is 5.13 Å². The van der Waals surface area contributed by atoms with Gasteiger partial charge >= 0.3 is 0 Å². The number of benzene rings is 1. The number of ether oxygens (including phenoxy) is 1.